The first-order valence-electron chi connectivity index (χ1n) is 7.11. The summed E-state index contributed by atoms with van der Waals surface area (Å²) in [6.07, 6.45) is 4.25. The minimum absolute atomic E-state index is 0.201. The van der Waals surface area contributed by atoms with Crippen LogP contribution in [0, 0.1) is 17.2 Å². The smallest absolute Gasteiger partial charge is 0.225 e. The molecule has 1 atom stereocenters. The molecule has 0 spiro atoms. The molecule has 0 bridgehead atoms. The SMILES string of the molecule is CCCCC(CC)C(=O)N1CCN(CC#N)CC1. The van der Waals surface area contributed by atoms with E-state index in [1.165, 1.54) is 0 Å². The normalized spacial score (nSPS) is 18.4. The van der Waals surface area contributed by atoms with Crippen LogP contribution in [-0.2, 0) is 4.79 Å². The third kappa shape index (κ3) is 4.30. The maximum atomic E-state index is 12.3. The molecule has 1 heterocycles. The highest BCUT2D eigenvalue weighted by Crippen LogP contribution is 2.17. The Morgan fingerprint density at radius 3 is 2.44 bits per heavy atom. The molecule has 0 saturated carbocycles. The van der Waals surface area contributed by atoms with E-state index < -0.39 is 0 Å². The number of hydrogen-bond acceptors (Lipinski definition) is 3. The zero-order valence-corrected chi connectivity index (χ0v) is 11.7. The summed E-state index contributed by atoms with van der Waals surface area (Å²) in [6.45, 7) is 7.98. The average molecular weight is 251 g/mol. The van der Waals surface area contributed by atoms with Crippen molar-refractivity contribution >= 4 is 5.91 Å². The fourth-order valence-electron chi connectivity index (χ4n) is 2.44. The van der Waals surface area contributed by atoms with Crippen LogP contribution in [0.1, 0.15) is 39.5 Å². The van der Waals surface area contributed by atoms with E-state index in [1.807, 2.05) is 4.90 Å². The number of carbonyl (C=O) groups is 1. The highest BCUT2D eigenvalue weighted by molar-refractivity contribution is 5.78. The van der Waals surface area contributed by atoms with Crippen molar-refractivity contribution in [2.45, 2.75) is 39.5 Å². The van der Waals surface area contributed by atoms with Crippen LogP contribution in [0.5, 0.6) is 0 Å². The minimum Gasteiger partial charge on any atom is -0.340 e. The molecule has 1 fully saturated rings. The first-order chi connectivity index (χ1) is 8.72. The standard InChI is InChI=1S/C14H25N3O/c1-3-5-6-13(4-2)14(18)17-11-9-16(8-7-15)10-12-17/h13H,3-6,8-12H2,1-2H3. The molecule has 1 aliphatic rings. The van der Waals surface area contributed by atoms with Crippen LogP contribution in [0.3, 0.4) is 0 Å². The fraction of sp³-hybridized carbons (Fsp3) is 0.857. The lowest BCUT2D eigenvalue weighted by Gasteiger charge is -2.35. The molecule has 4 nitrogen and oxygen atoms in total. The van der Waals surface area contributed by atoms with Crippen LogP contribution >= 0.6 is 0 Å². The van der Waals surface area contributed by atoms with Crippen molar-refractivity contribution in [1.29, 1.82) is 5.26 Å². The summed E-state index contributed by atoms with van der Waals surface area (Å²) in [7, 11) is 0. The van der Waals surface area contributed by atoms with Gasteiger partial charge in [-0.3, -0.25) is 9.69 Å². The Hall–Kier alpha value is -1.08. The Morgan fingerprint density at radius 2 is 1.94 bits per heavy atom. The molecule has 1 aliphatic heterocycles. The van der Waals surface area contributed by atoms with Crippen molar-refractivity contribution < 1.29 is 4.79 Å². The van der Waals surface area contributed by atoms with E-state index in [0.717, 1.165) is 51.9 Å². The molecule has 1 unspecified atom stereocenters. The third-order valence-corrected chi connectivity index (χ3v) is 3.73. The summed E-state index contributed by atoms with van der Waals surface area (Å²) in [6, 6.07) is 2.17. The quantitative estimate of drug-likeness (QED) is 0.677. The molecular formula is C14H25N3O. The second-order valence-corrected chi connectivity index (χ2v) is 5.01. The van der Waals surface area contributed by atoms with Gasteiger partial charge in [-0.05, 0) is 12.8 Å². The van der Waals surface area contributed by atoms with E-state index in [4.69, 9.17) is 5.26 Å². The van der Waals surface area contributed by atoms with E-state index >= 15 is 0 Å². The minimum atomic E-state index is 0.201. The van der Waals surface area contributed by atoms with Crippen LogP contribution in [0.2, 0.25) is 0 Å². The van der Waals surface area contributed by atoms with Gasteiger partial charge in [-0.2, -0.15) is 5.26 Å². The van der Waals surface area contributed by atoms with Gasteiger partial charge in [-0.15, -0.1) is 0 Å². The lowest BCUT2D eigenvalue weighted by molar-refractivity contribution is -0.137. The summed E-state index contributed by atoms with van der Waals surface area (Å²) in [5.41, 5.74) is 0. The highest BCUT2D eigenvalue weighted by atomic mass is 16.2. The first kappa shape index (κ1) is 15.0. The molecule has 0 radical (unpaired) electrons. The van der Waals surface area contributed by atoms with E-state index in [9.17, 15) is 4.79 Å². The van der Waals surface area contributed by atoms with Crippen LogP contribution in [0.4, 0.5) is 0 Å². The second-order valence-electron chi connectivity index (χ2n) is 5.01. The Morgan fingerprint density at radius 1 is 1.28 bits per heavy atom. The van der Waals surface area contributed by atoms with E-state index in [0.29, 0.717) is 12.5 Å². The Balaban J connectivity index is 2.40. The number of amides is 1. The molecule has 18 heavy (non-hydrogen) atoms. The van der Waals surface area contributed by atoms with Crippen molar-refractivity contribution in [3.63, 3.8) is 0 Å². The largest absolute Gasteiger partial charge is 0.340 e. The molecule has 0 N–H and O–H groups in total. The predicted octanol–water partition coefficient (Wildman–Crippen LogP) is 1.87. The highest BCUT2D eigenvalue weighted by Gasteiger charge is 2.25. The number of piperazine rings is 1. The number of nitriles is 1. The van der Waals surface area contributed by atoms with Gasteiger partial charge < -0.3 is 4.90 Å². The lowest BCUT2D eigenvalue weighted by Crippen LogP contribution is -2.50. The monoisotopic (exact) mass is 251 g/mol. The summed E-state index contributed by atoms with van der Waals surface area (Å²) in [5, 5.41) is 8.64. The van der Waals surface area contributed by atoms with Crippen LogP contribution in [0.15, 0.2) is 0 Å². The maximum absolute atomic E-state index is 12.3. The Kier molecular flexibility index (Phi) is 6.74. The first-order valence-corrected chi connectivity index (χ1v) is 7.11. The number of carbonyl (C=O) groups excluding carboxylic acids is 1. The molecule has 1 saturated heterocycles. The van der Waals surface area contributed by atoms with Gasteiger partial charge in [0.1, 0.15) is 0 Å². The van der Waals surface area contributed by atoms with E-state index in [1.54, 1.807) is 0 Å². The van der Waals surface area contributed by atoms with Gasteiger partial charge in [0.15, 0.2) is 0 Å². The van der Waals surface area contributed by atoms with E-state index in [2.05, 4.69) is 24.8 Å². The van der Waals surface area contributed by atoms with Crippen LogP contribution in [0.25, 0.3) is 0 Å². The summed E-state index contributed by atoms with van der Waals surface area (Å²) in [5.74, 6) is 0.523. The van der Waals surface area contributed by atoms with Crippen LogP contribution < -0.4 is 0 Å². The number of hydrogen-bond donors (Lipinski definition) is 0. The van der Waals surface area contributed by atoms with Gasteiger partial charge in [-0.25, -0.2) is 0 Å². The second kappa shape index (κ2) is 8.10. The van der Waals surface area contributed by atoms with Gasteiger partial charge >= 0.3 is 0 Å². The molecule has 0 aromatic carbocycles. The maximum Gasteiger partial charge on any atom is 0.225 e. The molecule has 0 aromatic rings. The summed E-state index contributed by atoms with van der Waals surface area (Å²) < 4.78 is 0. The molecule has 1 amide bonds. The van der Waals surface area contributed by atoms with E-state index in [-0.39, 0.29) is 5.92 Å². The van der Waals surface area contributed by atoms with Crippen molar-refractivity contribution in [3.05, 3.63) is 0 Å². The fourth-order valence-corrected chi connectivity index (χ4v) is 2.44. The topological polar surface area (TPSA) is 47.3 Å². The summed E-state index contributed by atoms with van der Waals surface area (Å²) >= 11 is 0. The van der Waals surface area contributed by atoms with Gasteiger partial charge in [0.2, 0.25) is 5.91 Å². The third-order valence-electron chi connectivity index (χ3n) is 3.73. The number of unbranched alkanes of at least 4 members (excludes halogenated alkanes) is 1. The molecule has 102 valence electrons. The zero-order valence-electron chi connectivity index (χ0n) is 11.7. The Bertz CT molecular complexity index is 290. The molecular weight excluding hydrogens is 226 g/mol. The Labute approximate surface area is 111 Å². The molecule has 1 rings (SSSR count). The molecule has 0 aromatic heterocycles. The molecule has 4 heteroatoms. The van der Waals surface area contributed by atoms with Gasteiger partial charge in [0.05, 0.1) is 12.6 Å². The van der Waals surface area contributed by atoms with Crippen molar-refractivity contribution in [2.24, 2.45) is 5.92 Å². The van der Waals surface area contributed by atoms with Crippen molar-refractivity contribution in [2.75, 3.05) is 32.7 Å². The number of rotatable bonds is 6. The van der Waals surface area contributed by atoms with Crippen LogP contribution in [-0.4, -0.2) is 48.4 Å². The summed E-state index contributed by atoms with van der Waals surface area (Å²) in [4.78, 5) is 16.4. The predicted molar refractivity (Wildman–Crippen MR) is 71.9 cm³/mol. The van der Waals surface area contributed by atoms with Gasteiger partial charge in [-0.1, -0.05) is 26.7 Å². The zero-order chi connectivity index (χ0) is 13.4. The average Bonchev–Trinajstić information content (AvgIpc) is 2.40. The van der Waals surface area contributed by atoms with Gasteiger partial charge in [0.25, 0.3) is 0 Å². The van der Waals surface area contributed by atoms with Crippen molar-refractivity contribution in [1.82, 2.24) is 9.80 Å². The lowest BCUT2D eigenvalue weighted by atomic mass is 9.97. The molecule has 0 aliphatic carbocycles. The van der Waals surface area contributed by atoms with Crippen molar-refractivity contribution in [3.8, 4) is 6.07 Å². The van der Waals surface area contributed by atoms with Gasteiger partial charge in [0, 0.05) is 32.1 Å². The number of nitrogens with zero attached hydrogens (tertiary/aromatic N) is 3.